The van der Waals surface area contributed by atoms with E-state index in [1.807, 2.05) is 12.4 Å². The van der Waals surface area contributed by atoms with Crippen LogP contribution in [0.1, 0.15) is 31.2 Å². The summed E-state index contributed by atoms with van der Waals surface area (Å²) in [5, 5.41) is 0. The Morgan fingerprint density at radius 2 is 1.89 bits per heavy atom. The van der Waals surface area contributed by atoms with Gasteiger partial charge in [-0.3, -0.25) is 4.79 Å². The van der Waals surface area contributed by atoms with Crippen molar-refractivity contribution in [3.05, 3.63) is 42.2 Å². The average Bonchev–Trinajstić information content (AvgIpc) is 2.72. The quantitative estimate of drug-likeness (QED) is 0.684. The van der Waals surface area contributed by atoms with Crippen LogP contribution in [0.2, 0.25) is 0 Å². The topological polar surface area (TPSA) is 58.6 Å². The fourth-order valence-electron chi connectivity index (χ4n) is 3.69. The van der Waals surface area contributed by atoms with E-state index in [0.29, 0.717) is 12.3 Å². The minimum Gasteiger partial charge on any atom is -0.469 e. The molecule has 2 aromatic rings. The molecule has 2 heterocycles. The van der Waals surface area contributed by atoms with Gasteiger partial charge in [0.25, 0.3) is 0 Å². The molecule has 1 aliphatic rings. The molecule has 0 atom stereocenters. The predicted octanol–water partition coefficient (Wildman–Crippen LogP) is 3.37. The van der Waals surface area contributed by atoms with Gasteiger partial charge >= 0.3 is 5.97 Å². The molecular formula is C22H30N4O2. The van der Waals surface area contributed by atoms with Crippen molar-refractivity contribution in [2.24, 2.45) is 5.92 Å². The predicted molar refractivity (Wildman–Crippen MR) is 111 cm³/mol. The van der Waals surface area contributed by atoms with Crippen molar-refractivity contribution >= 4 is 11.9 Å². The van der Waals surface area contributed by atoms with Gasteiger partial charge in [0.15, 0.2) is 0 Å². The molecule has 150 valence electrons. The highest BCUT2D eigenvalue weighted by molar-refractivity contribution is 5.69. The number of nitrogens with zero attached hydrogens (tertiary/aromatic N) is 4. The first-order valence-corrected chi connectivity index (χ1v) is 9.93. The maximum Gasteiger partial charge on any atom is 0.305 e. The zero-order chi connectivity index (χ0) is 19.9. The van der Waals surface area contributed by atoms with E-state index in [9.17, 15) is 4.79 Å². The number of anilines is 1. The molecule has 1 aromatic carbocycles. The molecule has 0 spiro atoms. The van der Waals surface area contributed by atoms with E-state index in [4.69, 9.17) is 4.74 Å². The van der Waals surface area contributed by atoms with E-state index in [-0.39, 0.29) is 5.97 Å². The van der Waals surface area contributed by atoms with Gasteiger partial charge in [0, 0.05) is 44.0 Å². The molecule has 0 unspecified atom stereocenters. The number of rotatable bonds is 7. The molecule has 1 fully saturated rings. The first kappa shape index (κ1) is 20.3. The Morgan fingerprint density at radius 1 is 1.18 bits per heavy atom. The molecule has 1 aromatic heterocycles. The third kappa shape index (κ3) is 5.52. The summed E-state index contributed by atoms with van der Waals surface area (Å²) in [6.45, 7) is 2.78. The lowest BCUT2D eigenvalue weighted by Gasteiger charge is -2.31. The lowest BCUT2D eigenvalue weighted by molar-refractivity contribution is -0.141. The molecule has 0 bridgehead atoms. The number of carbonyl (C=O) groups is 1. The van der Waals surface area contributed by atoms with Crippen LogP contribution in [-0.4, -0.2) is 55.1 Å². The molecule has 0 amide bonds. The Kier molecular flexibility index (Phi) is 6.98. The maximum atomic E-state index is 11.3. The van der Waals surface area contributed by atoms with Crippen molar-refractivity contribution in [3.63, 3.8) is 0 Å². The van der Waals surface area contributed by atoms with Crippen LogP contribution in [0.25, 0.3) is 11.1 Å². The van der Waals surface area contributed by atoms with Gasteiger partial charge in [-0.05, 0) is 56.5 Å². The van der Waals surface area contributed by atoms with Crippen LogP contribution in [0.3, 0.4) is 0 Å². The van der Waals surface area contributed by atoms with Crippen molar-refractivity contribution in [1.82, 2.24) is 14.9 Å². The average molecular weight is 383 g/mol. The Morgan fingerprint density at radius 3 is 2.54 bits per heavy atom. The smallest absolute Gasteiger partial charge is 0.305 e. The molecule has 6 nitrogen and oxygen atoms in total. The van der Waals surface area contributed by atoms with Crippen molar-refractivity contribution in [3.8, 4) is 11.1 Å². The highest BCUT2D eigenvalue weighted by atomic mass is 16.5. The van der Waals surface area contributed by atoms with Gasteiger partial charge in [0.1, 0.15) is 0 Å². The first-order chi connectivity index (χ1) is 13.5. The summed E-state index contributed by atoms with van der Waals surface area (Å²) in [5.41, 5.74) is 3.46. The molecule has 0 saturated carbocycles. The lowest BCUT2D eigenvalue weighted by Crippen LogP contribution is -2.35. The Bertz CT molecular complexity index is 768. The normalized spacial score (nSPS) is 15.1. The Balaban J connectivity index is 1.57. The van der Waals surface area contributed by atoms with E-state index in [2.05, 4.69) is 58.1 Å². The summed E-state index contributed by atoms with van der Waals surface area (Å²) in [6.07, 6.45) is 7.38. The van der Waals surface area contributed by atoms with Crippen LogP contribution in [0.4, 0.5) is 5.95 Å². The number of carbonyl (C=O) groups excluding carboxylic acids is 1. The first-order valence-electron chi connectivity index (χ1n) is 9.93. The maximum absolute atomic E-state index is 11.3. The third-order valence-electron chi connectivity index (χ3n) is 5.28. The third-order valence-corrected chi connectivity index (χ3v) is 5.28. The fourth-order valence-corrected chi connectivity index (χ4v) is 3.69. The molecular weight excluding hydrogens is 352 g/mol. The second-order valence-electron chi connectivity index (χ2n) is 7.76. The second-order valence-corrected chi connectivity index (χ2v) is 7.76. The molecule has 0 N–H and O–H groups in total. The minimum absolute atomic E-state index is 0.115. The van der Waals surface area contributed by atoms with Gasteiger partial charge in [0.05, 0.1) is 7.11 Å². The highest BCUT2D eigenvalue weighted by Gasteiger charge is 2.21. The monoisotopic (exact) mass is 382 g/mol. The molecule has 1 saturated heterocycles. The van der Waals surface area contributed by atoms with Gasteiger partial charge in [-0.1, -0.05) is 18.2 Å². The van der Waals surface area contributed by atoms with Crippen molar-refractivity contribution in [2.75, 3.05) is 39.2 Å². The van der Waals surface area contributed by atoms with Crippen molar-refractivity contribution in [2.45, 2.75) is 32.2 Å². The van der Waals surface area contributed by atoms with Crippen molar-refractivity contribution in [1.29, 1.82) is 0 Å². The summed E-state index contributed by atoms with van der Waals surface area (Å²) in [5.74, 6) is 1.25. The molecule has 28 heavy (non-hydrogen) atoms. The summed E-state index contributed by atoms with van der Waals surface area (Å²) in [4.78, 5) is 24.9. The van der Waals surface area contributed by atoms with Gasteiger partial charge in [-0.15, -0.1) is 0 Å². The summed E-state index contributed by atoms with van der Waals surface area (Å²) in [6, 6.07) is 8.53. The summed E-state index contributed by atoms with van der Waals surface area (Å²) < 4.78 is 4.73. The van der Waals surface area contributed by atoms with Crippen LogP contribution >= 0.6 is 0 Å². The van der Waals surface area contributed by atoms with Crippen molar-refractivity contribution < 1.29 is 9.53 Å². The molecule has 0 radical (unpaired) electrons. The Labute approximate surface area is 167 Å². The Hall–Kier alpha value is -2.47. The number of benzene rings is 1. The van der Waals surface area contributed by atoms with Crippen LogP contribution < -0.4 is 4.90 Å². The number of esters is 1. The van der Waals surface area contributed by atoms with E-state index in [0.717, 1.165) is 56.0 Å². The van der Waals surface area contributed by atoms with Crippen LogP contribution in [0.15, 0.2) is 36.7 Å². The standard InChI is InChI=1S/C22H30N4O2/c1-25(2)16-18-5-4-6-19(13-18)20-14-23-22(24-15-20)26-11-9-17(10-12-26)7-8-21(27)28-3/h4-6,13-15,17H,7-12,16H2,1-3H3. The number of hydrogen-bond donors (Lipinski definition) is 0. The zero-order valence-corrected chi connectivity index (χ0v) is 17.1. The number of hydrogen-bond acceptors (Lipinski definition) is 6. The van der Waals surface area contributed by atoms with Gasteiger partial charge in [0.2, 0.25) is 5.95 Å². The lowest BCUT2D eigenvalue weighted by atomic mass is 9.92. The van der Waals surface area contributed by atoms with Crippen LogP contribution in [0.5, 0.6) is 0 Å². The van der Waals surface area contributed by atoms with E-state index < -0.39 is 0 Å². The number of piperidine rings is 1. The summed E-state index contributed by atoms with van der Waals surface area (Å²) >= 11 is 0. The molecule has 3 rings (SSSR count). The van der Waals surface area contributed by atoms with Crippen LogP contribution in [-0.2, 0) is 16.1 Å². The number of aromatic nitrogens is 2. The van der Waals surface area contributed by atoms with Crippen LogP contribution in [0, 0.1) is 5.92 Å². The largest absolute Gasteiger partial charge is 0.469 e. The van der Waals surface area contributed by atoms with E-state index in [1.165, 1.54) is 12.7 Å². The fraction of sp³-hybridized carbons (Fsp3) is 0.500. The van der Waals surface area contributed by atoms with E-state index in [1.54, 1.807) is 0 Å². The summed E-state index contributed by atoms with van der Waals surface area (Å²) in [7, 11) is 5.59. The number of ether oxygens (including phenoxy) is 1. The van der Waals surface area contributed by atoms with Gasteiger partial charge < -0.3 is 14.5 Å². The molecule has 1 aliphatic heterocycles. The van der Waals surface area contributed by atoms with E-state index >= 15 is 0 Å². The minimum atomic E-state index is -0.115. The second kappa shape index (κ2) is 9.64. The zero-order valence-electron chi connectivity index (χ0n) is 17.1. The molecule has 6 heteroatoms. The SMILES string of the molecule is COC(=O)CCC1CCN(c2ncc(-c3cccc(CN(C)C)c3)cn2)CC1. The van der Waals surface area contributed by atoms with Gasteiger partial charge in [-0.25, -0.2) is 9.97 Å². The number of methoxy groups -OCH3 is 1. The van der Waals surface area contributed by atoms with Gasteiger partial charge in [-0.2, -0.15) is 0 Å². The molecule has 0 aliphatic carbocycles. The highest BCUT2D eigenvalue weighted by Crippen LogP contribution is 2.25.